The second-order valence-corrected chi connectivity index (χ2v) is 5.71. The maximum Gasteiger partial charge on any atom is 0.261 e. The van der Waals surface area contributed by atoms with Crippen molar-refractivity contribution in [3.8, 4) is 17.2 Å². The maximum absolute atomic E-state index is 12.9. The molecule has 6 heteroatoms. The lowest BCUT2D eigenvalue weighted by molar-refractivity contribution is -0.128. The minimum absolute atomic E-state index is 0.241. The summed E-state index contributed by atoms with van der Waals surface area (Å²) in [6, 6.07) is 13.0. The highest BCUT2D eigenvalue weighted by Crippen LogP contribution is 2.30. The predicted octanol–water partition coefficient (Wildman–Crippen LogP) is 2.94. The lowest BCUT2D eigenvalue weighted by atomic mass is 10.2. The van der Waals surface area contributed by atoms with Gasteiger partial charge in [-0.25, -0.2) is 4.39 Å². The first-order valence-electron chi connectivity index (χ1n) is 8.24. The zero-order chi connectivity index (χ0) is 17.6. The van der Waals surface area contributed by atoms with Gasteiger partial charge in [-0.2, -0.15) is 0 Å². The fraction of sp³-hybridized carbons (Fsp3) is 0.316. The second-order valence-electron chi connectivity index (χ2n) is 5.71. The maximum atomic E-state index is 12.9. The molecule has 0 fully saturated rings. The van der Waals surface area contributed by atoms with Gasteiger partial charge in [-0.1, -0.05) is 19.1 Å². The van der Waals surface area contributed by atoms with Crippen LogP contribution in [0.25, 0.3) is 0 Å². The number of amides is 1. The number of benzene rings is 2. The Labute approximate surface area is 145 Å². The van der Waals surface area contributed by atoms with Crippen LogP contribution in [-0.2, 0) is 4.79 Å². The normalized spacial score (nSPS) is 16.8. The van der Waals surface area contributed by atoms with Gasteiger partial charge in [-0.05, 0) is 42.8 Å². The molecule has 1 aliphatic rings. The summed E-state index contributed by atoms with van der Waals surface area (Å²) in [5.74, 6) is 1.24. The van der Waals surface area contributed by atoms with Crippen LogP contribution in [0, 0.1) is 5.82 Å². The van der Waals surface area contributed by atoms with Crippen molar-refractivity contribution in [1.82, 2.24) is 5.32 Å². The zero-order valence-electron chi connectivity index (χ0n) is 13.9. The number of ether oxygens (including phenoxy) is 3. The van der Waals surface area contributed by atoms with Crippen LogP contribution in [0.4, 0.5) is 4.39 Å². The van der Waals surface area contributed by atoms with Crippen molar-refractivity contribution < 1.29 is 23.4 Å². The van der Waals surface area contributed by atoms with E-state index in [4.69, 9.17) is 14.2 Å². The van der Waals surface area contributed by atoms with Gasteiger partial charge >= 0.3 is 0 Å². The molecular formula is C19H20FNO4. The molecule has 0 bridgehead atoms. The number of fused-ring (bicyclic) bond motifs is 1. The van der Waals surface area contributed by atoms with E-state index < -0.39 is 6.10 Å². The van der Waals surface area contributed by atoms with Gasteiger partial charge in [0.2, 0.25) is 0 Å². The molecule has 0 aromatic heterocycles. The van der Waals surface area contributed by atoms with E-state index in [2.05, 4.69) is 5.32 Å². The van der Waals surface area contributed by atoms with E-state index in [1.54, 1.807) is 0 Å². The number of para-hydroxylation sites is 2. The number of rotatable bonds is 6. The van der Waals surface area contributed by atoms with Gasteiger partial charge in [0.15, 0.2) is 17.6 Å². The molecule has 0 radical (unpaired) electrons. The molecule has 3 rings (SSSR count). The van der Waals surface area contributed by atoms with Crippen LogP contribution in [0.1, 0.15) is 13.3 Å². The van der Waals surface area contributed by atoms with E-state index in [1.807, 2.05) is 31.2 Å². The van der Waals surface area contributed by atoms with Gasteiger partial charge in [0.1, 0.15) is 24.3 Å². The standard InChI is InChI=1S/C19H20FNO4/c1-2-16(24-14-9-7-13(20)8-10-14)19(22)21-11-15-12-23-17-5-3-4-6-18(17)25-15/h3-10,15-16H,2,11-12H2,1H3,(H,21,22)/t15-,16-/m1/s1. The van der Waals surface area contributed by atoms with Crippen molar-refractivity contribution in [3.63, 3.8) is 0 Å². The summed E-state index contributed by atoms with van der Waals surface area (Å²) < 4.78 is 30.0. The number of hydrogen-bond donors (Lipinski definition) is 1. The lowest BCUT2D eigenvalue weighted by Gasteiger charge is -2.27. The molecule has 132 valence electrons. The highest BCUT2D eigenvalue weighted by Gasteiger charge is 2.24. The molecule has 2 aromatic rings. The van der Waals surface area contributed by atoms with Crippen LogP contribution < -0.4 is 19.5 Å². The number of carbonyl (C=O) groups excluding carboxylic acids is 1. The van der Waals surface area contributed by atoms with Crippen LogP contribution in [-0.4, -0.2) is 31.3 Å². The molecule has 0 saturated heterocycles. The van der Waals surface area contributed by atoms with Gasteiger partial charge in [0.25, 0.3) is 5.91 Å². The molecular weight excluding hydrogens is 325 g/mol. The van der Waals surface area contributed by atoms with Gasteiger partial charge in [0, 0.05) is 0 Å². The Balaban J connectivity index is 1.52. The Bertz CT molecular complexity index is 720. The third-order valence-corrected chi connectivity index (χ3v) is 3.83. The Hall–Kier alpha value is -2.76. The summed E-state index contributed by atoms with van der Waals surface area (Å²) in [6.07, 6.45) is -0.418. The fourth-order valence-electron chi connectivity index (χ4n) is 2.49. The molecule has 1 amide bonds. The van der Waals surface area contributed by atoms with E-state index in [0.29, 0.717) is 36.8 Å². The van der Waals surface area contributed by atoms with Gasteiger partial charge in [-0.15, -0.1) is 0 Å². The van der Waals surface area contributed by atoms with E-state index >= 15 is 0 Å². The molecule has 0 spiro atoms. The fourth-order valence-corrected chi connectivity index (χ4v) is 2.49. The van der Waals surface area contributed by atoms with Crippen molar-refractivity contribution in [1.29, 1.82) is 0 Å². The summed E-state index contributed by atoms with van der Waals surface area (Å²) in [5.41, 5.74) is 0. The Morgan fingerprint density at radius 2 is 1.96 bits per heavy atom. The second kappa shape index (κ2) is 7.88. The van der Waals surface area contributed by atoms with Crippen molar-refractivity contribution in [2.75, 3.05) is 13.2 Å². The van der Waals surface area contributed by atoms with E-state index in [9.17, 15) is 9.18 Å². The minimum Gasteiger partial charge on any atom is -0.486 e. The molecule has 2 aromatic carbocycles. The molecule has 0 aliphatic carbocycles. The monoisotopic (exact) mass is 345 g/mol. The summed E-state index contributed by atoms with van der Waals surface area (Å²) in [6.45, 7) is 2.54. The first-order valence-corrected chi connectivity index (χ1v) is 8.24. The molecule has 1 aliphatic heterocycles. The van der Waals surface area contributed by atoms with E-state index in [-0.39, 0.29) is 17.8 Å². The van der Waals surface area contributed by atoms with Crippen LogP contribution in [0.5, 0.6) is 17.2 Å². The number of carbonyl (C=O) groups is 1. The number of hydrogen-bond acceptors (Lipinski definition) is 4. The smallest absolute Gasteiger partial charge is 0.261 e. The summed E-state index contributed by atoms with van der Waals surface area (Å²) in [5, 5.41) is 2.82. The van der Waals surface area contributed by atoms with E-state index in [1.165, 1.54) is 24.3 Å². The van der Waals surface area contributed by atoms with Crippen LogP contribution in [0.15, 0.2) is 48.5 Å². The molecule has 2 atom stereocenters. The average molecular weight is 345 g/mol. The number of nitrogens with one attached hydrogen (secondary N) is 1. The van der Waals surface area contributed by atoms with Crippen LogP contribution in [0.3, 0.4) is 0 Å². The molecule has 5 nitrogen and oxygen atoms in total. The Morgan fingerprint density at radius 1 is 1.24 bits per heavy atom. The van der Waals surface area contributed by atoms with Gasteiger partial charge < -0.3 is 19.5 Å². The van der Waals surface area contributed by atoms with Crippen molar-refractivity contribution >= 4 is 5.91 Å². The highest BCUT2D eigenvalue weighted by atomic mass is 19.1. The molecule has 25 heavy (non-hydrogen) atoms. The van der Waals surface area contributed by atoms with Crippen molar-refractivity contribution in [3.05, 3.63) is 54.3 Å². The third-order valence-electron chi connectivity index (χ3n) is 3.83. The predicted molar refractivity (Wildman–Crippen MR) is 90.5 cm³/mol. The summed E-state index contributed by atoms with van der Waals surface area (Å²) >= 11 is 0. The molecule has 0 unspecified atom stereocenters. The summed E-state index contributed by atoms with van der Waals surface area (Å²) in [7, 11) is 0. The first-order chi connectivity index (χ1) is 12.2. The molecule has 1 heterocycles. The van der Waals surface area contributed by atoms with Crippen molar-refractivity contribution in [2.45, 2.75) is 25.6 Å². The quantitative estimate of drug-likeness (QED) is 0.875. The third kappa shape index (κ3) is 4.41. The Morgan fingerprint density at radius 3 is 2.68 bits per heavy atom. The van der Waals surface area contributed by atoms with Crippen LogP contribution >= 0.6 is 0 Å². The van der Waals surface area contributed by atoms with E-state index in [0.717, 1.165) is 0 Å². The lowest BCUT2D eigenvalue weighted by Crippen LogP contribution is -2.45. The number of halogens is 1. The first kappa shape index (κ1) is 17.1. The zero-order valence-corrected chi connectivity index (χ0v) is 13.9. The Kier molecular flexibility index (Phi) is 5.38. The average Bonchev–Trinajstić information content (AvgIpc) is 2.65. The summed E-state index contributed by atoms with van der Waals surface area (Å²) in [4.78, 5) is 12.3. The topological polar surface area (TPSA) is 56.8 Å². The highest BCUT2D eigenvalue weighted by molar-refractivity contribution is 5.81. The largest absolute Gasteiger partial charge is 0.486 e. The molecule has 0 saturated carbocycles. The van der Waals surface area contributed by atoms with Gasteiger partial charge in [0.05, 0.1) is 6.54 Å². The van der Waals surface area contributed by atoms with Crippen LogP contribution in [0.2, 0.25) is 0 Å². The molecule has 1 N–H and O–H groups in total. The van der Waals surface area contributed by atoms with Crippen molar-refractivity contribution in [2.24, 2.45) is 0 Å². The van der Waals surface area contributed by atoms with Gasteiger partial charge in [-0.3, -0.25) is 4.79 Å². The SMILES string of the molecule is CC[C@@H](Oc1ccc(F)cc1)C(=O)NC[C@@H]1COc2ccccc2O1. The minimum atomic E-state index is -0.651.